The van der Waals surface area contributed by atoms with Crippen molar-refractivity contribution in [3.63, 3.8) is 0 Å². The van der Waals surface area contributed by atoms with E-state index in [9.17, 15) is 18.4 Å². The van der Waals surface area contributed by atoms with Gasteiger partial charge in [-0.05, 0) is 18.1 Å². The first-order valence-electron chi connectivity index (χ1n) is 6.40. The first kappa shape index (κ1) is 16.1. The Labute approximate surface area is 116 Å². The van der Waals surface area contributed by atoms with E-state index in [1.807, 2.05) is 13.8 Å². The van der Waals surface area contributed by atoms with Crippen LogP contribution in [0.15, 0.2) is 18.2 Å². The van der Waals surface area contributed by atoms with Crippen LogP contribution in [0, 0.1) is 17.6 Å². The third kappa shape index (κ3) is 5.34. The summed E-state index contributed by atoms with van der Waals surface area (Å²) in [6.07, 6.45) is 0.417. The molecule has 0 spiro atoms. The highest BCUT2D eigenvalue weighted by Gasteiger charge is 2.12. The van der Waals surface area contributed by atoms with Crippen molar-refractivity contribution in [1.29, 1.82) is 0 Å². The third-order valence-electron chi connectivity index (χ3n) is 2.50. The van der Waals surface area contributed by atoms with E-state index in [-0.39, 0.29) is 30.5 Å². The predicted octanol–water partition coefficient (Wildman–Crippen LogP) is 1.86. The van der Waals surface area contributed by atoms with E-state index in [2.05, 4.69) is 10.6 Å². The summed E-state index contributed by atoms with van der Waals surface area (Å²) >= 11 is 0. The van der Waals surface area contributed by atoms with Crippen LogP contribution in [0.4, 0.5) is 8.78 Å². The van der Waals surface area contributed by atoms with Crippen LogP contribution in [-0.2, 0) is 4.79 Å². The second kappa shape index (κ2) is 7.57. The van der Waals surface area contributed by atoms with Crippen LogP contribution in [0.25, 0.3) is 0 Å². The molecule has 0 unspecified atom stereocenters. The standard InChI is InChI=1S/C14H18F2N2O2/c1-9(2)7-13(19)17-5-6-18-14(20)11-4-3-10(15)8-12(11)16/h3-4,8-9H,5-7H2,1-2H3,(H,17,19)(H,18,20). The molecule has 0 radical (unpaired) electrons. The molecular weight excluding hydrogens is 266 g/mol. The quantitative estimate of drug-likeness (QED) is 0.783. The second-order valence-corrected chi connectivity index (χ2v) is 4.83. The summed E-state index contributed by atoms with van der Waals surface area (Å²) in [6, 6.07) is 2.75. The molecule has 0 bridgehead atoms. The van der Waals surface area contributed by atoms with Crippen LogP contribution in [-0.4, -0.2) is 24.9 Å². The van der Waals surface area contributed by atoms with Crippen molar-refractivity contribution in [1.82, 2.24) is 10.6 Å². The molecule has 2 amide bonds. The number of benzene rings is 1. The fraction of sp³-hybridized carbons (Fsp3) is 0.429. The highest BCUT2D eigenvalue weighted by molar-refractivity contribution is 5.94. The maximum Gasteiger partial charge on any atom is 0.254 e. The van der Waals surface area contributed by atoms with Gasteiger partial charge < -0.3 is 10.6 Å². The molecule has 0 aliphatic heterocycles. The fourth-order valence-electron chi connectivity index (χ4n) is 1.59. The third-order valence-corrected chi connectivity index (χ3v) is 2.50. The van der Waals surface area contributed by atoms with Crippen LogP contribution >= 0.6 is 0 Å². The van der Waals surface area contributed by atoms with Crippen molar-refractivity contribution >= 4 is 11.8 Å². The van der Waals surface area contributed by atoms with Gasteiger partial charge in [-0.25, -0.2) is 8.78 Å². The highest BCUT2D eigenvalue weighted by atomic mass is 19.1. The van der Waals surface area contributed by atoms with Crippen molar-refractivity contribution in [2.75, 3.05) is 13.1 Å². The van der Waals surface area contributed by atoms with Crippen LogP contribution < -0.4 is 10.6 Å². The van der Waals surface area contributed by atoms with Crippen molar-refractivity contribution in [3.8, 4) is 0 Å². The van der Waals surface area contributed by atoms with Crippen molar-refractivity contribution < 1.29 is 18.4 Å². The summed E-state index contributed by atoms with van der Waals surface area (Å²) in [6.45, 7) is 4.30. The van der Waals surface area contributed by atoms with Gasteiger partial charge in [-0.15, -0.1) is 0 Å². The van der Waals surface area contributed by atoms with Crippen LogP contribution in [0.5, 0.6) is 0 Å². The Bertz CT molecular complexity index is 490. The summed E-state index contributed by atoms with van der Waals surface area (Å²) in [5.74, 6) is -2.12. The number of halogens is 2. The van der Waals surface area contributed by atoms with Gasteiger partial charge in [-0.1, -0.05) is 13.8 Å². The van der Waals surface area contributed by atoms with E-state index in [1.165, 1.54) is 0 Å². The number of carbonyl (C=O) groups is 2. The van der Waals surface area contributed by atoms with Gasteiger partial charge in [0.2, 0.25) is 5.91 Å². The van der Waals surface area contributed by atoms with Gasteiger partial charge in [0.15, 0.2) is 0 Å². The van der Waals surface area contributed by atoms with Crippen LogP contribution in [0.3, 0.4) is 0 Å². The van der Waals surface area contributed by atoms with Gasteiger partial charge in [-0.3, -0.25) is 9.59 Å². The topological polar surface area (TPSA) is 58.2 Å². The zero-order chi connectivity index (χ0) is 15.1. The fourth-order valence-corrected chi connectivity index (χ4v) is 1.59. The summed E-state index contributed by atoms with van der Waals surface area (Å²) in [4.78, 5) is 22.9. The molecule has 2 N–H and O–H groups in total. The van der Waals surface area contributed by atoms with E-state index in [0.717, 1.165) is 12.1 Å². The second-order valence-electron chi connectivity index (χ2n) is 4.83. The molecule has 0 aliphatic carbocycles. The van der Waals surface area contributed by atoms with E-state index >= 15 is 0 Å². The van der Waals surface area contributed by atoms with Crippen LogP contribution in [0.1, 0.15) is 30.6 Å². The first-order valence-corrected chi connectivity index (χ1v) is 6.40. The number of rotatable bonds is 6. The molecule has 0 saturated carbocycles. The number of hydrogen-bond donors (Lipinski definition) is 2. The lowest BCUT2D eigenvalue weighted by molar-refractivity contribution is -0.121. The molecule has 6 heteroatoms. The zero-order valence-corrected chi connectivity index (χ0v) is 11.5. The van der Waals surface area contributed by atoms with Crippen LogP contribution in [0.2, 0.25) is 0 Å². The Balaban J connectivity index is 2.35. The molecule has 0 aliphatic rings. The molecule has 20 heavy (non-hydrogen) atoms. The minimum Gasteiger partial charge on any atom is -0.354 e. The van der Waals surface area contributed by atoms with Crippen molar-refractivity contribution in [2.24, 2.45) is 5.92 Å². The minimum atomic E-state index is -0.911. The van der Waals surface area contributed by atoms with Gasteiger partial charge in [0.1, 0.15) is 11.6 Å². The number of hydrogen-bond acceptors (Lipinski definition) is 2. The average Bonchev–Trinajstić information content (AvgIpc) is 2.33. The monoisotopic (exact) mass is 284 g/mol. The molecule has 0 heterocycles. The summed E-state index contributed by atoms with van der Waals surface area (Å²) in [5.41, 5.74) is -0.222. The van der Waals surface area contributed by atoms with Gasteiger partial charge in [-0.2, -0.15) is 0 Å². The van der Waals surface area contributed by atoms with E-state index in [1.54, 1.807) is 0 Å². The molecule has 1 aromatic rings. The summed E-state index contributed by atoms with van der Waals surface area (Å²) in [5, 5.41) is 5.09. The van der Waals surface area contributed by atoms with E-state index in [0.29, 0.717) is 12.5 Å². The largest absolute Gasteiger partial charge is 0.354 e. The Kier molecular flexibility index (Phi) is 6.09. The van der Waals surface area contributed by atoms with E-state index in [4.69, 9.17) is 0 Å². The lowest BCUT2D eigenvalue weighted by Crippen LogP contribution is -2.35. The number of carbonyl (C=O) groups excluding carboxylic acids is 2. The minimum absolute atomic E-state index is 0.0952. The SMILES string of the molecule is CC(C)CC(=O)NCCNC(=O)c1ccc(F)cc1F. The molecule has 4 nitrogen and oxygen atoms in total. The molecule has 0 aromatic heterocycles. The van der Waals surface area contributed by atoms with Gasteiger partial charge in [0.05, 0.1) is 5.56 Å². The molecule has 0 atom stereocenters. The Morgan fingerprint density at radius 3 is 2.40 bits per heavy atom. The Morgan fingerprint density at radius 1 is 1.15 bits per heavy atom. The molecule has 0 fully saturated rings. The highest BCUT2D eigenvalue weighted by Crippen LogP contribution is 2.08. The van der Waals surface area contributed by atoms with Crippen molar-refractivity contribution in [2.45, 2.75) is 20.3 Å². The number of nitrogens with one attached hydrogen (secondary N) is 2. The molecule has 1 aromatic carbocycles. The lowest BCUT2D eigenvalue weighted by atomic mass is 10.1. The maximum absolute atomic E-state index is 13.3. The Hall–Kier alpha value is -1.98. The number of amides is 2. The summed E-state index contributed by atoms with van der Waals surface area (Å²) in [7, 11) is 0. The van der Waals surface area contributed by atoms with Gasteiger partial charge in [0, 0.05) is 25.6 Å². The molecule has 0 saturated heterocycles. The zero-order valence-electron chi connectivity index (χ0n) is 11.5. The van der Waals surface area contributed by atoms with Gasteiger partial charge >= 0.3 is 0 Å². The normalized spacial score (nSPS) is 10.4. The van der Waals surface area contributed by atoms with Gasteiger partial charge in [0.25, 0.3) is 5.91 Å². The maximum atomic E-state index is 13.3. The molecule has 1 rings (SSSR count). The van der Waals surface area contributed by atoms with E-state index < -0.39 is 17.5 Å². The predicted molar refractivity (Wildman–Crippen MR) is 71.2 cm³/mol. The lowest BCUT2D eigenvalue weighted by Gasteiger charge is -2.08. The summed E-state index contributed by atoms with van der Waals surface area (Å²) < 4.78 is 26.0. The first-order chi connectivity index (χ1) is 9.40. The molecular formula is C14H18F2N2O2. The Morgan fingerprint density at radius 2 is 1.80 bits per heavy atom. The van der Waals surface area contributed by atoms with Crippen molar-refractivity contribution in [3.05, 3.63) is 35.4 Å². The average molecular weight is 284 g/mol. The molecule has 110 valence electrons. The smallest absolute Gasteiger partial charge is 0.254 e.